The highest BCUT2D eigenvalue weighted by Crippen LogP contribution is 2.15. The third kappa shape index (κ3) is 3.22. The number of amides is 1. The Bertz CT molecular complexity index is 765. The number of aryl methyl sites for hydroxylation is 2. The quantitative estimate of drug-likeness (QED) is 0.882. The third-order valence-corrected chi connectivity index (χ3v) is 3.40. The Hall–Kier alpha value is -2.19. The lowest BCUT2D eigenvalue weighted by atomic mass is 10.1. The molecule has 0 spiro atoms. The van der Waals surface area contributed by atoms with E-state index in [1.165, 1.54) is 12.1 Å². The first kappa shape index (κ1) is 14.2. The van der Waals surface area contributed by atoms with Gasteiger partial charge in [-0.05, 0) is 37.6 Å². The van der Waals surface area contributed by atoms with Crippen molar-refractivity contribution in [1.29, 1.82) is 0 Å². The van der Waals surface area contributed by atoms with Crippen molar-refractivity contribution in [3.8, 4) is 0 Å². The normalized spacial score (nSPS) is 11.3. The van der Waals surface area contributed by atoms with E-state index in [4.69, 9.17) is 9.66 Å². The van der Waals surface area contributed by atoms with E-state index in [1.54, 1.807) is 26.0 Å². The molecule has 0 bridgehead atoms. The van der Waals surface area contributed by atoms with Crippen LogP contribution >= 0.6 is 0 Å². The van der Waals surface area contributed by atoms with Gasteiger partial charge < -0.3 is 9.84 Å². The number of primary sulfonamides is 1. The predicted octanol–water partition coefficient (Wildman–Crippen LogP) is 1.19. The molecule has 106 valence electrons. The minimum absolute atomic E-state index is 0.112. The fourth-order valence-electron chi connectivity index (χ4n) is 1.66. The van der Waals surface area contributed by atoms with E-state index < -0.39 is 15.9 Å². The maximum atomic E-state index is 12.0. The van der Waals surface area contributed by atoms with Crippen LogP contribution in [0.25, 0.3) is 0 Å². The molecular formula is C12H13N3O4S. The topological polar surface area (TPSA) is 115 Å². The van der Waals surface area contributed by atoms with E-state index in [0.717, 1.165) is 0 Å². The van der Waals surface area contributed by atoms with Crippen molar-refractivity contribution in [2.45, 2.75) is 18.7 Å². The van der Waals surface area contributed by atoms with Crippen LogP contribution in [0.3, 0.4) is 0 Å². The number of anilines is 1. The van der Waals surface area contributed by atoms with Gasteiger partial charge in [0, 0.05) is 11.6 Å². The molecule has 0 aliphatic carbocycles. The number of rotatable bonds is 3. The molecule has 0 saturated heterocycles. The predicted molar refractivity (Wildman–Crippen MR) is 71.7 cm³/mol. The Kier molecular flexibility index (Phi) is 3.60. The number of aromatic nitrogens is 1. The molecule has 1 aromatic carbocycles. The van der Waals surface area contributed by atoms with Crippen LogP contribution < -0.4 is 10.5 Å². The Morgan fingerprint density at radius 3 is 2.50 bits per heavy atom. The zero-order valence-electron chi connectivity index (χ0n) is 10.9. The van der Waals surface area contributed by atoms with Crippen molar-refractivity contribution in [2.75, 3.05) is 5.32 Å². The average Bonchev–Trinajstić information content (AvgIpc) is 2.72. The van der Waals surface area contributed by atoms with Crippen LogP contribution in [-0.2, 0) is 10.0 Å². The molecule has 1 heterocycles. The number of nitrogens with one attached hydrogen (secondary N) is 1. The van der Waals surface area contributed by atoms with Crippen LogP contribution in [0.5, 0.6) is 0 Å². The molecule has 3 N–H and O–H groups in total. The zero-order valence-corrected chi connectivity index (χ0v) is 11.7. The number of nitrogens with zero attached hydrogens (tertiary/aromatic N) is 1. The standard InChI is InChI=1S/C12H13N3O4S/c1-7-3-9(6-10(4-7)20(13,17)18)12(16)14-11-5-8(2)19-15-11/h3-6H,1-2H3,(H2,13,17,18)(H,14,15,16). The Balaban J connectivity index is 2.33. The summed E-state index contributed by atoms with van der Waals surface area (Å²) in [7, 11) is -3.86. The fourth-order valence-corrected chi connectivity index (χ4v) is 2.30. The van der Waals surface area contributed by atoms with Gasteiger partial charge in [0.2, 0.25) is 10.0 Å². The van der Waals surface area contributed by atoms with Gasteiger partial charge in [0.25, 0.3) is 5.91 Å². The molecule has 2 aromatic rings. The summed E-state index contributed by atoms with van der Waals surface area (Å²) >= 11 is 0. The van der Waals surface area contributed by atoms with Crippen molar-refractivity contribution in [2.24, 2.45) is 5.14 Å². The minimum Gasteiger partial charge on any atom is -0.360 e. The number of carbonyl (C=O) groups excluding carboxylic acids is 1. The molecule has 0 radical (unpaired) electrons. The summed E-state index contributed by atoms with van der Waals surface area (Å²) in [6, 6.07) is 5.71. The van der Waals surface area contributed by atoms with Gasteiger partial charge in [-0.1, -0.05) is 5.16 Å². The highest BCUT2D eigenvalue weighted by molar-refractivity contribution is 7.89. The molecule has 0 fully saturated rings. The maximum Gasteiger partial charge on any atom is 0.256 e. The second-order valence-electron chi connectivity index (χ2n) is 4.36. The highest BCUT2D eigenvalue weighted by atomic mass is 32.2. The fraction of sp³-hybridized carbons (Fsp3) is 0.167. The van der Waals surface area contributed by atoms with Gasteiger partial charge >= 0.3 is 0 Å². The highest BCUT2D eigenvalue weighted by Gasteiger charge is 2.14. The second-order valence-corrected chi connectivity index (χ2v) is 5.92. The smallest absolute Gasteiger partial charge is 0.256 e. The number of hydrogen-bond acceptors (Lipinski definition) is 5. The Morgan fingerprint density at radius 1 is 1.25 bits per heavy atom. The molecule has 0 aliphatic heterocycles. The molecular weight excluding hydrogens is 282 g/mol. The number of carbonyl (C=O) groups is 1. The lowest BCUT2D eigenvalue weighted by Crippen LogP contribution is -2.16. The van der Waals surface area contributed by atoms with E-state index in [9.17, 15) is 13.2 Å². The number of hydrogen-bond donors (Lipinski definition) is 2. The molecule has 2 rings (SSSR count). The minimum atomic E-state index is -3.86. The van der Waals surface area contributed by atoms with Gasteiger partial charge in [-0.25, -0.2) is 13.6 Å². The summed E-state index contributed by atoms with van der Waals surface area (Å²) in [4.78, 5) is 11.9. The van der Waals surface area contributed by atoms with Gasteiger partial charge in [0.15, 0.2) is 5.82 Å². The lowest BCUT2D eigenvalue weighted by molar-refractivity contribution is 0.102. The van der Waals surface area contributed by atoms with Gasteiger partial charge in [-0.15, -0.1) is 0 Å². The van der Waals surface area contributed by atoms with Crippen molar-refractivity contribution in [3.63, 3.8) is 0 Å². The van der Waals surface area contributed by atoms with Crippen molar-refractivity contribution >= 4 is 21.7 Å². The number of benzene rings is 1. The summed E-state index contributed by atoms with van der Waals surface area (Å²) in [5.41, 5.74) is 0.785. The first-order chi connectivity index (χ1) is 9.25. The van der Waals surface area contributed by atoms with Crippen molar-refractivity contribution in [1.82, 2.24) is 5.16 Å². The maximum absolute atomic E-state index is 12.0. The molecule has 0 atom stereocenters. The van der Waals surface area contributed by atoms with E-state index >= 15 is 0 Å². The summed E-state index contributed by atoms with van der Waals surface area (Å²) in [5.74, 6) is 0.313. The first-order valence-corrected chi connectivity index (χ1v) is 7.19. The number of sulfonamides is 1. The molecule has 20 heavy (non-hydrogen) atoms. The van der Waals surface area contributed by atoms with Crippen LogP contribution in [0.1, 0.15) is 21.7 Å². The van der Waals surface area contributed by atoms with E-state index in [2.05, 4.69) is 10.5 Å². The van der Waals surface area contributed by atoms with Crippen LogP contribution in [0.2, 0.25) is 0 Å². The molecule has 0 aliphatic rings. The summed E-state index contributed by atoms with van der Waals surface area (Å²) in [6.07, 6.45) is 0. The molecule has 0 saturated carbocycles. The summed E-state index contributed by atoms with van der Waals surface area (Å²) in [6.45, 7) is 3.36. The lowest BCUT2D eigenvalue weighted by Gasteiger charge is -2.05. The monoisotopic (exact) mass is 295 g/mol. The van der Waals surface area contributed by atoms with E-state index in [-0.39, 0.29) is 16.3 Å². The van der Waals surface area contributed by atoms with Gasteiger partial charge in [0.1, 0.15) is 5.76 Å². The van der Waals surface area contributed by atoms with E-state index in [0.29, 0.717) is 11.3 Å². The SMILES string of the molecule is Cc1cc(C(=O)Nc2cc(C)on2)cc(S(N)(=O)=O)c1. The second kappa shape index (κ2) is 5.06. The molecule has 7 nitrogen and oxygen atoms in total. The van der Waals surface area contributed by atoms with Crippen molar-refractivity contribution < 1.29 is 17.7 Å². The van der Waals surface area contributed by atoms with Crippen LogP contribution in [0, 0.1) is 13.8 Å². The van der Waals surface area contributed by atoms with Crippen LogP contribution in [0.15, 0.2) is 33.7 Å². The van der Waals surface area contributed by atoms with Gasteiger partial charge in [0.05, 0.1) is 4.90 Å². The Morgan fingerprint density at radius 2 is 1.95 bits per heavy atom. The van der Waals surface area contributed by atoms with Gasteiger partial charge in [-0.2, -0.15) is 0 Å². The van der Waals surface area contributed by atoms with Crippen LogP contribution in [-0.4, -0.2) is 19.5 Å². The molecule has 0 unspecified atom stereocenters. The molecule has 8 heteroatoms. The summed E-state index contributed by atoms with van der Waals surface area (Å²) < 4.78 is 27.5. The Labute approximate surface area is 115 Å². The largest absolute Gasteiger partial charge is 0.360 e. The molecule has 1 aromatic heterocycles. The summed E-state index contributed by atoms with van der Waals surface area (Å²) in [5, 5.41) is 11.2. The van der Waals surface area contributed by atoms with Crippen LogP contribution in [0.4, 0.5) is 5.82 Å². The zero-order chi connectivity index (χ0) is 14.9. The third-order valence-electron chi connectivity index (χ3n) is 2.51. The van der Waals surface area contributed by atoms with Gasteiger partial charge in [-0.3, -0.25) is 4.79 Å². The van der Waals surface area contributed by atoms with Crippen molar-refractivity contribution in [3.05, 3.63) is 41.2 Å². The van der Waals surface area contributed by atoms with E-state index in [1.807, 2.05) is 0 Å². The number of nitrogens with two attached hydrogens (primary N) is 1. The average molecular weight is 295 g/mol. The molecule has 1 amide bonds. The first-order valence-electron chi connectivity index (χ1n) is 5.65.